The van der Waals surface area contributed by atoms with Crippen molar-refractivity contribution in [2.24, 2.45) is 0 Å². The van der Waals surface area contributed by atoms with Gasteiger partial charge in [-0.3, -0.25) is 0 Å². The van der Waals surface area contributed by atoms with E-state index in [0.717, 1.165) is 28.0 Å². The molecule has 2 aromatic rings. The fraction of sp³-hybridized carbons (Fsp3) is 0.385. The van der Waals surface area contributed by atoms with E-state index in [1.165, 1.54) is 23.1 Å². The van der Waals surface area contributed by atoms with E-state index in [1.807, 2.05) is 30.3 Å². The highest BCUT2D eigenvalue weighted by molar-refractivity contribution is 8.01. The summed E-state index contributed by atoms with van der Waals surface area (Å²) in [4.78, 5) is 0. The number of hydrogen-bond acceptors (Lipinski definition) is 6. The summed E-state index contributed by atoms with van der Waals surface area (Å²) >= 11 is 3.06. The molecule has 0 radical (unpaired) electrons. The molecule has 4 nitrogen and oxygen atoms in total. The third kappa shape index (κ3) is 4.49. The van der Waals surface area contributed by atoms with Gasteiger partial charge in [-0.2, -0.15) is 0 Å². The highest BCUT2D eigenvalue weighted by Gasteiger charge is 2.10. The Morgan fingerprint density at radius 1 is 1.32 bits per heavy atom. The zero-order valence-corrected chi connectivity index (χ0v) is 12.4. The molecule has 19 heavy (non-hydrogen) atoms. The summed E-state index contributed by atoms with van der Waals surface area (Å²) in [7, 11) is 0. The van der Waals surface area contributed by atoms with Crippen LogP contribution < -0.4 is 5.32 Å². The zero-order chi connectivity index (χ0) is 13.5. The Balaban J connectivity index is 1.83. The first-order valence-electron chi connectivity index (χ1n) is 6.22. The third-order valence-electron chi connectivity index (χ3n) is 2.48. The molecule has 0 aliphatic rings. The molecular weight excluding hydrogens is 278 g/mol. The first kappa shape index (κ1) is 14.3. The largest absolute Gasteiger partial charge is 0.388 e. The molecule has 1 heterocycles. The van der Waals surface area contributed by atoms with Gasteiger partial charge in [-0.15, -0.1) is 10.2 Å². The molecule has 2 N–H and O–H groups in total. The lowest BCUT2D eigenvalue weighted by atomic mass is 10.1. The molecule has 2 rings (SSSR count). The minimum atomic E-state index is -0.470. The van der Waals surface area contributed by atoms with Crippen LogP contribution in [-0.2, 0) is 0 Å². The Kier molecular flexibility index (Phi) is 5.62. The lowest BCUT2D eigenvalue weighted by Crippen LogP contribution is -1.99. The fourth-order valence-electron chi connectivity index (χ4n) is 1.49. The Morgan fingerprint density at radius 3 is 2.84 bits per heavy atom. The standard InChI is InChI=1S/C13H17N3OS2/c1-2-8-14-12-15-16-13(19-12)18-9-11(17)10-6-4-3-5-7-10/h3-7,11,17H,2,8-9H2,1H3,(H,14,15). The van der Waals surface area contributed by atoms with Gasteiger partial charge in [0.2, 0.25) is 5.13 Å². The molecule has 1 unspecified atom stereocenters. The van der Waals surface area contributed by atoms with Crippen molar-refractivity contribution in [3.63, 3.8) is 0 Å². The van der Waals surface area contributed by atoms with Gasteiger partial charge in [0.25, 0.3) is 0 Å². The molecule has 0 amide bonds. The molecule has 0 spiro atoms. The van der Waals surface area contributed by atoms with Crippen LogP contribution in [0.4, 0.5) is 5.13 Å². The van der Waals surface area contributed by atoms with Gasteiger partial charge in [-0.05, 0) is 12.0 Å². The minimum absolute atomic E-state index is 0.470. The number of aromatic nitrogens is 2. The fourth-order valence-corrected chi connectivity index (χ4v) is 3.26. The van der Waals surface area contributed by atoms with Gasteiger partial charge in [-0.25, -0.2) is 0 Å². The van der Waals surface area contributed by atoms with Crippen molar-refractivity contribution >= 4 is 28.2 Å². The van der Waals surface area contributed by atoms with Crippen LogP contribution in [0.3, 0.4) is 0 Å². The van der Waals surface area contributed by atoms with Crippen molar-refractivity contribution < 1.29 is 5.11 Å². The molecule has 0 aliphatic carbocycles. The smallest absolute Gasteiger partial charge is 0.206 e. The summed E-state index contributed by atoms with van der Waals surface area (Å²) in [5.74, 6) is 0.590. The Bertz CT molecular complexity index is 490. The molecule has 1 aromatic heterocycles. The van der Waals surface area contributed by atoms with Crippen molar-refractivity contribution in [3.05, 3.63) is 35.9 Å². The van der Waals surface area contributed by atoms with E-state index >= 15 is 0 Å². The number of aliphatic hydroxyl groups is 1. The van der Waals surface area contributed by atoms with Crippen molar-refractivity contribution in [2.45, 2.75) is 23.8 Å². The van der Waals surface area contributed by atoms with Crippen molar-refractivity contribution in [1.82, 2.24) is 10.2 Å². The third-order valence-corrected chi connectivity index (χ3v) is 4.57. The first-order chi connectivity index (χ1) is 9.29. The number of thioether (sulfide) groups is 1. The molecular formula is C13H17N3OS2. The van der Waals surface area contributed by atoms with Gasteiger partial charge in [0.15, 0.2) is 4.34 Å². The van der Waals surface area contributed by atoms with Gasteiger partial charge in [0.05, 0.1) is 6.10 Å². The number of hydrogen-bond donors (Lipinski definition) is 2. The van der Waals surface area contributed by atoms with E-state index in [-0.39, 0.29) is 0 Å². The Labute approximate surface area is 121 Å². The van der Waals surface area contributed by atoms with Crippen molar-refractivity contribution in [2.75, 3.05) is 17.6 Å². The predicted octanol–water partition coefficient (Wildman–Crippen LogP) is 3.19. The van der Waals surface area contributed by atoms with E-state index < -0.39 is 6.10 Å². The lowest BCUT2D eigenvalue weighted by Gasteiger charge is -2.08. The number of aliphatic hydroxyl groups excluding tert-OH is 1. The van der Waals surface area contributed by atoms with Crippen LogP contribution in [0, 0.1) is 0 Å². The second-order valence-corrected chi connectivity index (χ2v) is 6.28. The average molecular weight is 295 g/mol. The van der Waals surface area contributed by atoms with Crippen molar-refractivity contribution in [1.29, 1.82) is 0 Å². The lowest BCUT2D eigenvalue weighted by molar-refractivity contribution is 0.204. The SMILES string of the molecule is CCCNc1nnc(SCC(O)c2ccccc2)s1. The normalized spacial score (nSPS) is 12.3. The van der Waals surface area contributed by atoms with Crippen LogP contribution in [0.15, 0.2) is 34.7 Å². The Morgan fingerprint density at radius 2 is 2.11 bits per heavy atom. The van der Waals surface area contributed by atoms with Crippen molar-refractivity contribution in [3.8, 4) is 0 Å². The number of benzene rings is 1. The molecule has 6 heteroatoms. The molecule has 0 saturated carbocycles. The number of nitrogens with zero attached hydrogens (tertiary/aromatic N) is 2. The van der Waals surface area contributed by atoms with Crippen LogP contribution in [-0.4, -0.2) is 27.6 Å². The van der Waals surface area contributed by atoms with Crippen LogP contribution in [0.5, 0.6) is 0 Å². The maximum absolute atomic E-state index is 10.1. The maximum Gasteiger partial charge on any atom is 0.206 e. The van der Waals surface area contributed by atoms with Gasteiger partial charge in [0, 0.05) is 12.3 Å². The van der Waals surface area contributed by atoms with Crippen LogP contribution >= 0.6 is 23.1 Å². The average Bonchev–Trinajstić information content (AvgIpc) is 2.91. The van der Waals surface area contributed by atoms with E-state index in [1.54, 1.807) is 0 Å². The summed E-state index contributed by atoms with van der Waals surface area (Å²) in [5.41, 5.74) is 0.934. The van der Waals surface area contributed by atoms with E-state index in [0.29, 0.717) is 5.75 Å². The monoisotopic (exact) mass is 295 g/mol. The summed E-state index contributed by atoms with van der Waals surface area (Å²) in [6.07, 6.45) is 0.594. The predicted molar refractivity (Wildman–Crippen MR) is 80.8 cm³/mol. The second kappa shape index (κ2) is 7.47. The first-order valence-corrected chi connectivity index (χ1v) is 8.03. The van der Waals surface area contributed by atoms with Crippen LogP contribution in [0.2, 0.25) is 0 Å². The number of rotatable bonds is 7. The van der Waals surface area contributed by atoms with Gasteiger partial charge < -0.3 is 10.4 Å². The quantitative estimate of drug-likeness (QED) is 0.768. The molecule has 1 aromatic carbocycles. The van der Waals surface area contributed by atoms with Gasteiger partial charge in [0.1, 0.15) is 0 Å². The molecule has 0 aliphatic heterocycles. The van der Waals surface area contributed by atoms with E-state index in [2.05, 4.69) is 22.4 Å². The van der Waals surface area contributed by atoms with E-state index in [9.17, 15) is 5.11 Å². The summed E-state index contributed by atoms with van der Waals surface area (Å²) in [6, 6.07) is 9.67. The van der Waals surface area contributed by atoms with Gasteiger partial charge >= 0.3 is 0 Å². The van der Waals surface area contributed by atoms with Gasteiger partial charge in [-0.1, -0.05) is 60.4 Å². The molecule has 0 fully saturated rings. The number of anilines is 1. The molecule has 1 atom stereocenters. The highest BCUT2D eigenvalue weighted by atomic mass is 32.2. The second-order valence-electron chi connectivity index (χ2n) is 4.04. The Hall–Kier alpha value is -1.11. The summed E-state index contributed by atoms with van der Waals surface area (Å²) in [6.45, 7) is 3.02. The molecule has 0 saturated heterocycles. The number of nitrogens with one attached hydrogen (secondary N) is 1. The maximum atomic E-state index is 10.1. The summed E-state index contributed by atoms with van der Waals surface area (Å²) < 4.78 is 0.883. The van der Waals surface area contributed by atoms with Crippen LogP contribution in [0.25, 0.3) is 0 Å². The minimum Gasteiger partial charge on any atom is -0.388 e. The van der Waals surface area contributed by atoms with E-state index in [4.69, 9.17) is 0 Å². The molecule has 102 valence electrons. The summed E-state index contributed by atoms with van der Waals surface area (Å²) in [5, 5.41) is 22.3. The molecule has 0 bridgehead atoms. The topological polar surface area (TPSA) is 58.0 Å². The highest BCUT2D eigenvalue weighted by Crippen LogP contribution is 2.28. The van der Waals surface area contributed by atoms with Crippen LogP contribution in [0.1, 0.15) is 25.0 Å². The zero-order valence-electron chi connectivity index (χ0n) is 10.7.